The van der Waals surface area contributed by atoms with Crippen LogP contribution in [0.25, 0.3) is 11.4 Å². The first-order valence-corrected chi connectivity index (χ1v) is 6.98. The second kappa shape index (κ2) is 5.60. The minimum absolute atomic E-state index is 0.373. The Bertz CT molecular complexity index is 732. The Balaban J connectivity index is 1.94. The Hall–Kier alpha value is -1.92. The summed E-state index contributed by atoms with van der Waals surface area (Å²) in [5.74, 6) is 1.08. The lowest BCUT2D eigenvalue weighted by Crippen LogP contribution is -1.91. The average molecular weight is 305 g/mol. The smallest absolute Gasteiger partial charge is 0.282 e. The van der Waals surface area contributed by atoms with Gasteiger partial charge in [-0.1, -0.05) is 41.9 Å². The van der Waals surface area contributed by atoms with E-state index >= 15 is 0 Å². The second-order valence-corrected chi connectivity index (χ2v) is 5.27. The van der Waals surface area contributed by atoms with E-state index in [9.17, 15) is 0 Å². The monoisotopic (exact) mass is 304 g/mol. The minimum Gasteiger partial charge on any atom is -0.416 e. The molecule has 0 saturated carbocycles. The van der Waals surface area contributed by atoms with Gasteiger partial charge in [-0.3, -0.25) is 0 Å². The summed E-state index contributed by atoms with van der Waals surface area (Å²) < 4.78 is 5.31. The van der Waals surface area contributed by atoms with Gasteiger partial charge in [0, 0.05) is 18.6 Å². The maximum absolute atomic E-state index is 6.04. The van der Waals surface area contributed by atoms with Gasteiger partial charge < -0.3 is 4.42 Å². The molecule has 0 bridgehead atoms. The molecule has 0 saturated heterocycles. The standard InChI is InChI=1S/C13H9ClN4OS/c1-8-17-18-13(19-8)20-11-7-10(14)15-12(16-11)9-5-3-2-4-6-9/h2-7H,1H3. The van der Waals surface area contributed by atoms with Gasteiger partial charge in [-0.15, -0.1) is 10.2 Å². The van der Waals surface area contributed by atoms with Crippen molar-refractivity contribution in [3.05, 3.63) is 47.4 Å². The second-order valence-electron chi connectivity index (χ2n) is 3.91. The van der Waals surface area contributed by atoms with E-state index in [1.165, 1.54) is 11.8 Å². The van der Waals surface area contributed by atoms with Gasteiger partial charge in [0.25, 0.3) is 5.22 Å². The fourth-order valence-corrected chi connectivity index (χ4v) is 2.55. The zero-order valence-electron chi connectivity index (χ0n) is 10.4. The molecule has 2 heterocycles. The van der Waals surface area contributed by atoms with Crippen LogP contribution in [-0.2, 0) is 0 Å². The van der Waals surface area contributed by atoms with Gasteiger partial charge >= 0.3 is 0 Å². The summed E-state index contributed by atoms with van der Waals surface area (Å²) in [6, 6.07) is 11.3. The number of aromatic nitrogens is 4. The van der Waals surface area contributed by atoms with Crippen molar-refractivity contribution < 1.29 is 4.42 Å². The van der Waals surface area contributed by atoms with Crippen LogP contribution in [0, 0.1) is 6.92 Å². The SMILES string of the molecule is Cc1nnc(Sc2cc(Cl)nc(-c3ccccc3)n2)o1. The van der Waals surface area contributed by atoms with E-state index < -0.39 is 0 Å². The molecule has 0 aliphatic carbocycles. The Morgan fingerprint density at radius 3 is 2.60 bits per heavy atom. The van der Waals surface area contributed by atoms with Crippen molar-refractivity contribution in [2.75, 3.05) is 0 Å². The number of aryl methyl sites for hydroxylation is 1. The van der Waals surface area contributed by atoms with E-state index in [-0.39, 0.29) is 0 Å². The highest BCUT2D eigenvalue weighted by atomic mass is 35.5. The molecular formula is C13H9ClN4OS. The Labute approximate surface area is 124 Å². The molecule has 0 fully saturated rings. The molecule has 0 atom stereocenters. The van der Waals surface area contributed by atoms with Gasteiger partial charge in [-0.2, -0.15) is 0 Å². The quantitative estimate of drug-likeness (QED) is 0.688. The fourth-order valence-electron chi connectivity index (χ4n) is 1.57. The van der Waals surface area contributed by atoms with Crippen LogP contribution in [0.2, 0.25) is 5.15 Å². The summed E-state index contributed by atoms with van der Waals surface area (Å²) in [6.07, 6.45) is 0. The van der Waals surface area contributed by atoms with Crippen molar-refractivity contribution in [2.24, 2.45) is 0 Å². The third kappa shape index (κ3) is 2.97. The van der Waals surface area contributed by atoms with Crippen LogP contribution < -0.4 is 0 Å². The fraction of sp³-hybridized carbons (Fsp3) is 0.0769. The first-order valence-electron chi connectivity index (χ1n) is 5.79. The summed E-state index contributed by atoms with van der Waals surface area (Å²) in [5, 5.41) is 9.15. The summed E-state index contributed by atoms with van der Waals surface area (Å²) in [5.41, 5.74) is 0.901. The van der Waals surface area contributed by atoms with Crippen molar-refractivity contribution >= 4 is 23.4 Å². The van der Waals surface area contributed by atoms with Gasteiger partial charge in [0.15, 0.2) is 5.82 Å². The molecule has 0 aliphatic heterocycles. The van der Waals surface area contributed by atoms with E-state index in [1.807, 2.05) is 30.3 Å². The highest BCUT2D eigenvalue weighted by Crippen LogP contribution is 2.28. The number of halogens is 1. The molecule has 0 spiro atoms. The zero-order valence-corrected chi connectivity index (χ0v) is 12.0. The molecule has 100 valence electrons. The highest BCUT2D eigenvalue weighted by Gasteiger charge is 2.10. The lowest BCUT2D eigenvalue weighted by atomic mass is 10.2. The van der Waals surface area contributed by atoms with Crippen molar-refractivity contribution in [3.8, 4) is 11.4 Å². The van der Waals surface area contributed by atoms with Crippen LogP contribution >= 0.6 is 23.4 Å². The maximum atomic E-state index is 6.04. The predicted octanol–water partition coefficient (Wildman–Crippen LogP) is 3.64. The molecule has 20 heavy (non-hydrogen) atoms. The molecule has 5 nitrogen and oxygen atoms in total. The number of benzene rings is 1. The lowest BCUT2D eigenvalue weighted by molar-refractivity contribution is 0.429. The topological polar surface area (TPSA) is 64.7 Å². The van der Waals surface area contributed by atoms with Crippen LogP contribution in [0.1, 0.15) is 5.89 Å². The highest BCUT2D eigenvalue weighted by molar-refractivity contribution is 7.99. The van der Waals surface area contributed by atoms with Gasteiger partial charge in [0.2, 0.25) is 5.89 Å². The molecular weight excluding hydrogens is 296 g/mol. The molecule has 0 aliphatic rings. The average Bonchev–Trinajstić information content (AvgIpc) is 2.84. The Morgan fingerprint density at radius 2 is 1.90 bits per heavy atom. The van der Waals surface area contributed by atoms with Gasteiger partial charge in [0.1, 0.15) is 10.2 Å². The summed E-state index contributed by atoms with van der Waals surface area (Å²) in [6.45, 7) is 1.74. The molecule has 7 heteroatoms. The van der Waals surface area contributed by atoms with E-state index in [0.717, 1.165) is 5.56 Å². The third-order valence-electron chi connectivity index (χ3n) is 2.40. The molecule has 0 amide bonds. The number of nitrogens with zero attached hydrogens (tertiary/aromatic N) is 4. The third-order valence-corrected chi connectivity index (χ3v) is 3.35. The number of hydrogen-bond acceptors (Lipinski definition) is 6. The molecule has 0 radical (unpaired) electrons. The molecule has 0 N–H and O–H groups in total. The Morgan fingerprint density at radius 1 is 1.10 bits per heavy atom. The van der Waals surface area contributed by atoms with Crippen molar-refractivity contribution in [3.63, 3.8) is 0 Å². The molecule has 1 aromatic carbocycles. The van der Waals surface area contributed by atoms with Gasteiger partial charge in [-0.05, 0) is 11.8 Å². The minimum atomic E-state index is 0.373. The zero-order chi connectivity index (χ0) is 13.9. The first kappa shape index (κ1) is 13.1. The van der Waals surface area contributed by atoms with Crippen LogP contribution in [0.3, 0.4) is 0 Å². The van der Waals surface area contributed by atoms with Crippen LogP contribution in [0.5, 0.6) is 0 Å². The van der Waals surface area contributed by atoms with Crippen molar-refractivity contribution in [2.45, 2.75) is 17.2 Å². The summed E-state index contributed by atoms with van der Waals surface area (Å²) in [7, 11) is 0. The Kier molecular flexibility index (Phi) is 3.66. The number of rotatable bonds is 3. The van der Waals surface area contributed by atoms with Crippen molar-refractivity contribution in [1.82, 2.24) is 20.2 Å². The molecule has 3 rings (SSSR count). The van der Waals surface area contributed by atoms with E-state index in [2.05, 4.69) is 20.2 Å². The van der Waals surface area contributed by atoms with E-state index in [1.54, 1.807) is 13.0 Å². The lowest BCUT2D eigenvalue weighted by Gasteiger charge is -2.03. The first-order chi connectivity index (χ1) is 9.70. The molecule has 3 aromatic rings. The van der Waals surface area contributed by atoms with Crippen LogP contribution in [0.4, 0.5) is 0 Å². The van der Waals surface area contributed by atoms with Gasteiger partial charge in [-0.25, -0.2) is 9.97 Å². The molecule has 0 unspecified atom stereocenters. The number of hydrogen-bond donors (Lipinski definition) is 0. The summed E-state index contributed by atoms with van der Waals surface area (Å²) in [4.78, 5) is 8.67. The summed E-state index contributed by atoms with van der Waals surface area (Å²) >= 11 is 7.30. The largest absolute Gasteiger partial charge is 0.416 e. The predicted molar refractivity (Wildman–Crippen MR) is 75.6 cm³/mol. The maximum Gasteiger partial charge on any atom is 0.282 e. The van der Waals surface area contributed by atoms with Gasteiger partial charge in [0.05, 0.1) is 0 Å². The van der Waals surface area contributed by atoms with Crippen molar-refractivity contribution in [1.29, 1.82) is 0 Å². The van der Waals surface area contributed by atoms with E-state index in [0.29, 0.717) is 27.1 Å². The van der Waals surface area contributed by atoms with Crippen LogP contribution in [0.15, 0.2) is 51.1 Å². The van der Waals surface area contributed by atoms with E-state index in [4.69, 9.17) is 16.0 Å². The van der Waals surface area contributed by atoms with Crippen LogP contribution in [-0.4, -0.2) is 20.2 Å². The normalized spacial score (nSPS) is 10.7. The molecule has 2 aromatic heterocycles.